The van der Waals surface area contributed by atoms with Crippen LogP contribution in [0.5, 0.6) is 0 Å². The second kappa shape index (κ2) is 6.14. The fourth-order valence-electron chi connectivity index (χ4n) is 1.88. The molecule has 1 aromatic heterocycles. The van der Waals surface area contributed by atoms with Crippen LogP contribution in [-0.2, 0) is 9.59 Å². The van der Waals surface area contributed by atoms with Gasteiger partial charge in [-0.05, 0) is 18.6 Å². The lowest BCUT2D eigenvalue weighted by molar-refractivity contribution is -0.115. The summed E-state index contributed by atoms with van der Waals surface area (Å²) in [5, 5.41) is 6.66. The van der Waals surface area contributed by atoms with Crippen LogP contribution in [0.15, 0.2) is 24.7 Å². The molecule has 1 N–H and O–H groups in total. The molecule has 1 aliphatic heterocycles. The van der Waals surface area contributed by atoms with Crippen LogP contribution in [0.25, 0.3) is 5.70 Å². The zero-order valence-electron chi connectivity index (χ0n) is 11.5. The largest absolute Gasteiger partial charge is 0.368 e. The lowest BCUT2D eigenvalue weighted by Crippen LogP contribution is -2.24. The van der Waals surface area contributed by atoms with E-state index in [4.69, 9.17) is 0 Å². The standard InChI is InChI=1S/C13H17N5O2/c1-3-6-17-7-11(4-5-12(20)8-17)18-9-14-13(16-18)15-10(2)19/h4-5,7,9H,3,6,8H2,1-2H3,(H,15,16,19). The number of carbonyl (C=O) groups excluding carboxylic acids is 2. The minimum atomic E-state index is -0.226. The Morgan fingerprint density at radius 2 is 2.25 bits per heavy atom. The van der Waals surface area contributed by atoms with Gasteiger partial charge in [0.15, 0.2) is 5.78 Å². The number of nitrogens with one attached hydrogen (secondary N) is 1. The normalized spacial score (nSPS) is 15.0. The number of nitrogens with zero attached hydrogens (tertiary/aromatic N) is 4. The Morgan fingerprint density at radius 3 is 2.95 bits per heavy atom. The van der Waals surface area contributed by atoms with E-state index in [-0.39, 0.29) is 17.6 Å². The summed E-state index contributed by atoms with van der Waals surface area (Å²) in [6, 6.07) is 0. The second-order valence-corrected chi connectivity index (χ2v) is 4.52. The lowest BCUT2D eigenvalue weighted by atomic mass is 10.3. The molecule has 7 nitrogen and oxygen atoms in total. The number of carbonyl (C=O) groups is 2. The first-order chi connectivity index (χ1) is 9.58. The highest BCUT2D eigenvalue weighted by Gasteiger charge is 2.12. The molecular weight excluding hydrogens is 258 g/mol. The summed E-state index contributed by atoms with van der Waals surface area (Å²) in [7, 11) is 0. The van der Waals surface area contributed by atoms with E-state index in [0.717, 1.165) is 18.7 Å². The molecule has 0 saturated heterocycles. The molecule has 0 saturated carbocycles. The van der Waals surface area contributed by atoms with E-state index in [1.54, 1.807) is 6.08 Å². The number of hydrogen-bond donors (Lipinski definition) is 1. The van der Waals surface area contributed by atoms with Crippen molar-refractivity contribution in [2.75, 3.05) is 18.4 Å². The molecule has 20 heavy (non-hydrogen) atoms. The molecule has 0 fully saturated rings. The van der Waals surface area contributed by atoms with Gasteiger partial charge in [0.25, 0.3) is 0 Å². The molecule has 0 unspecified atom stereocenters. The first-order valence-corrected chi connectivity index (χ1v) is 6.45. The monoisotopic (exact) mass is 275 g/mol. The van der Waals surface area contributed by atoms with Crippen molar-refractivity contribution in [2.24, 2.45) is 0 Å². The van der Waals surface area contributed by atoms with E-state index in [1.807, 2.05) is 11.1 Å². The van der Waals surface area contributed by atoms with Crippen molar-refractivity contribution in [2.45, 2.75) is 20.3 Å². The van der Waals surface area contributed by atoms with Gasteiger partial charge in [-0.1, -0.05) is 6.92 Å². The van der Waals surface area contributed by atoms with E-state index in [2.05, 4.69) is 22.3 Å². The maximum Gasteiger partial charge on any atom is 0.249 e. The highest BCUT2D eigenvalue weighted by atomic mass is 16.1. The number of rotatable bonds is 4. The summed E-state index contributed by atoms with van der Waals surface area (Å²) < 4.78 is 1.53. The van der Waals surface area contributed by atoms with Crippen molar-refractivity contribution in [3.63, 3.8) is 0 Å². The van der Waals surface area contributed by atoms with Crippen molar-refractivity contribution >= 4 is 23.3 Å². The van der Waals surface area contributed by atoms with Gasteiger partial charge in [-0.25, -0.2) is 4.68 Å². The van der Waals surface area contributed by atoms with Crippen LogP contribution < -0.4 is 5.32 Å². The van der Waals surface area contributed by atoms with Gasteiger partial charge in [0.05, 0.1) is 12.2 Å². The van der Waals surface area contributed by atoms with Crippen LogP contribution >= 0.6 is 0 Å². The summed E-state index contributed by atoms with van der Waals surface area (Å²) in [5.74, 6) is 0.0623. The Balaban J connectivity index is 2.23. The van der Waals surface area contributed by atoms with Crippen molar-refractivity contribution in [1.29, 1.82) is 0 Å². The quantitative estimate of drug-likeness (QED) is 0.882. The predicted molar refractivity (Wildman–Crippen MR) is 74.6 cm³/mol. The SMILES string of the molecule is CCCN1C=C(n2cnc(NC(C)=O)n2)C=CC(=O)C1. The summed E-state index contributed by atoms with van der Waals surface area (Å²) >= 11 is 0. The van der Waals surface area contributed by atoms with Gasteiger partial charge in [-0.2, -0.15) is 4.98 Å². The van der Waals surface area contributed by atoms with Gasteiger partial charge in [0.1, 0.15) is 6.33 Å². The smallest absolute Gasteiger partial charge is 0.249 e. The number of amides is 1. The van der Waals surface area contributed by atoms with Crippen molar-refractivity contribution in [3.05, 3.63) is 24.7 Å². The Bertz CT molecular complexity index is 573. The number of anilines is 1. The van der Waals surface area contributed by atoms with Crippen molar-refractivity contribution < 1.29 is 9.59 Å². The van der Waals surface area contributed by atoms with Crippen LogP contribution in [0, 0.1) is 0 Å². The van der Waals surface area contributed by atoms with Gasteiger partial charge < -0.3 is 4.90 Å². The zero-order valence-corrected chi connectivity index (χ0v) is 11.5. The van der Waals surface area contributed by atoms with E-state index < -0.39 is 0 Å². The van der Waals surface area contributed by atoms with Gasteiger partial charge in [-0.15, -0.1) is 5.10 Å². The minimum Gasteiger partial charge on any atom is -0.368 e. The minimum absolute atomic E-state index is 0.0481. The van der Waals surface area contributed by atoms with Gasteiger partial charge >= 0.3 is 0 Å². The Kier molecular flexibility index (Phi) is 4.29. The molecule has 2 heterocycles. The van der Waals surface area contributed by atoms with E-state index >= 15 is 0 Å². The third kappa shape index (κ3) is 3.53. The van der Waals surface area contributed by atoms with Crippen LogP contribution in [0.1, 0.15) is 20.3 Å². The van der Waals surface area contributed by atoms with Gasteiger partial charge in [0, 0.05) is 19.7 Å². The second-order valence-electron chi connectivity index (χ2n) is 4.52. The molecule has 0 bridgehead atoms. The number of aromatic nitrogens is 3. The highest BCUT2D eigenvalue weighted by molar-refractivity contribution is 5.94. The number of allylic oxidation sites excluding steroid dienone is 2. The summed E-state index contributed by atoms with van der Waals surface area (Å²) in [4.78, 5) is 28.5. The lowest BCUT2D eigenvalue weighted by Gasteiger charge is -2.17. The van der Waals surface area contributed by atoms with Crippen LogP contribution in [-0.4, -0.2) is 44.4 Å². The molecule has 0 spiro atoms. The average Bonchev–Trinajstić information content (AvgIpc) is 2.73. The Hall–Kier alpha value is -2.44. The van der Waals surface area contributed by atoms with E-state index in [0.29, 0.717) is 6.54 Å². The fraction of sp³-hybridized carbons (Fsp3) is 0.385. The maximum atomic E-state index is 11.6. The molecule has 1 amide bonds. The maximum absolute atomic E-state index is 11.6. The molecule has 7 heteroatoms. The summed E-state index contributed by atoms with van der Waals surface area (Å²) in [6.45, 7) is 4.61. The molecule has 0 aliphatic carbocycles. The van der Waals surface area contributed by atoms with Crippen LogP contribution in [0.4, 0.5) is 5.95 Å². The topological polar surface area (TPSA) is 80.1 Å². The third-order valence-corrected chi connectivity index (χ3v) is 2.67. The average molecular weight is 275 g/mol. The van der Waals surface area contributed by atoms with Crippen LogP contribution in [0.2, 0.25) is 0 Å². The molecule has 0 radical (unpaired) electrons. The van der Waals surface area contributed by atoms with Gasteiger partial charge in [-0.3, -0.25) is 14.9 Å². The Morgan fingerprint density at radius 1 is 1.45 bits per heavy atom. The van der Waals surface area contributed by atoms with Crippen LogP contribution in [0.3, 0.4) is 0 Å². The predicted octanol–water partition coefficient (Wildman–Crippen LogP) is 0.886. The van der Waals surface area contributed by atoms with Crippen molar-refractivity contribution in [1.82, 2.24) is 19.7 Å². The summed E-state index contributed by atoms with van der Waals surface area (Å²) in [5.41, 5.74) is 0.730. The molecule has 1 aromatic rings. The van der Waals surface area contributed by atoms with Gasteiger partial charge in [0.2, 0.25) is 11.9 Å². The fourth-order valence-corrected chi connectivity index (χ4v) is 1.88. The zero-order chi connectivity index (χ0) is 14.5. The van der Waals surface area contributed by atoms with E-state index in [1.165, 1.54) is 24.0 Å². The third-order valence-electron chi connectivity index (χ3n) is 2.67. The number of ketones is 1. The van der Waals surface area contributed by atoms with E-state index in [9.17, 15) is 9.59 Å². The molecule has 0 atom stereocenters. The Labute approximate surface area is 117 Å². The van der Waals surface area contributed by atoms with Crippen molar-refractivity contribution in [3.8, 4) is 0 Å². The molecule has 0 aromatic carbocycles. The number of hydrogen-bond acceptors (Lipinski definition) is 5. The molecule has 106 valence electrons. The first kappa shape index (κ1) is 14.0. The molecular formula is C13H17N5O2. The first-order valence-electron chi connectivity index (χ1n) is 6.45. The molecule has 1 aliphatic rings. The molecule has 2 rings (SSSR count). The highest BCUT2D eigenvalue weighted by Crippen LogP contribution is 2.12. The summed E-state index contributed by atoms with van der Waals surface area (Å²) in [6.07, 6.45) is 7.55.